The van der Waals surface area contributed by atoms with E-state index in [2.05, 4.69) is 38.8 Å². The number of fused-ring (bicyclic) bond motifs is 6. The van der Waals surface area contributed by atoms with Gasteiger partial charge in [-0.05, 0) is 36.8 Å². The molecule has 0 bridgehead atoms. The van der Waals surface area contributed by atoms with Crippen LogP contribution in [0.2, 0.25) is 0 Å². The number of nitrogens with zero attached hydrogens (tertiary/aromatic N) is 4. The van der Waals surface area contributed by atoms with Crippen LogP contribution in [0.25, 0.3) is 22.5 Å². The maximum atomic E-state index is 14.8. The fourth-order valence-corrected chi connectivity index (χ4v) is 8.01. The summed E-state index contributed by atoms with van der Waals surface area (Å²) in [5, 5.41) is 0. The Morgan fingerprint density at radius 2 is 1.23 bits per heavy atom. The SMILES string of the molecule is FC(F)(CC1c2ccccc2-c2cncn21)C1CCCCC1.O=C(CC1c2ccccc2-c2cncn21)C1CCCCC1. The molecule has 2 unspecified atom stereocenters. The monoisotopic (exact) mass is 582 g/mol. The Kier molecular flexibility index (Phi) is 7.74. The summed E-state index contributed by atoms with van der Waals surface area (Å²) in [6, 6.07) is 16.1. The number of alkyl halides is 2. The molecule has 2 saturated carbocycles. The lowest BCUT2D eigenvalue weighted by Gasteiger charge is -2.32. The molecule has 0 saturated heterocycles. The van der Waals surface area contributed by atoms with Gasteiger partial charge in [0.2, 0.25) is 0 Å². The third kappa shape index (κ3) is 5.36. The molecule has 7 heteroatoms. The molecular formula is C36H40F2N4O. The Morgan fingerprint density at radius 3 is 1.84 bits per heavy atom. The molecular weight excluding hydrogens is 542 g/mol. The molecule has 8 rings (SSSR count). The van der Waals surface area contributed by atoms with E-state index < -0.39 is 11.8 Å². The zero-order valence-corrected chi connectivity index (χ0v) is 24.7. The highest BCUT2D eigenvalue weighted by Gasteiger charge is 2.44. The van der Waals surface area contributed by atoms with Crippen LogP contribution in [-0.2, 0) is 4.79 Å². The van der Waals surface area contributed by atoms with E-state index in [-0.39, 0.29) is 18.5 Å². The second-order valence-corrected chi connectivity index (χ2v) is 12.9. The Hall–Kier alpha value is -3.61. The molecule has 0 spiro atoms. The summed E-state index contributed by atoms with van der Waals surface area (Å²) in [4.78, 5) is 21.1. The molecule has 4 aliphatic rings. The van der Waals surface area contributed by atoms with E-state index >= 15 is 0 Å². The fourth-order valence-electron chi connectivity index (χ4n) is 8.01. The van der Waals surface area contributed by atoms with E-state index in [9.17, 15) is 13.6 Å². The van der Waals surface area contributed by atoms with Gasteiger partial charge in [0, 0.05) is 35.8 Å². The third-order valence-corrected chi connectivity index (χ3v) is 10.3. The Labute approximate surface area is 252 Å². The predicted molar refractivity (Wildman–Crippen MR) is 164 cm³/mol. The number of aromatic nitrogens is 4. The lowest BCUT2D eigenvalue weighted by Crippen LogP contribution is -2.32. The van der Waals surface area contributed by atoms with Gasteiger partial charge >= 0.3 is 0 Å². The van der Waals surface area contributed by atoms with Gasteiger partial charge < -0.3 is 9.13 Å². The summed E-state index contributed by atoms with van der Waals surface area (Å²) in [5.74, 6) is -2.33. The number of halogens is 2. The molecule has 0 radical (unpaired) electrons. The molecule has 0 N–H and O–H groups in total. The number of ketones is 1. The standard InChI is InChI=1S/C18H20F2N2.C18H20N2O/c19-18(20,13-6-2-1-3-7-13)10-16-14-8-4-5-9-15(14)17-11-21-12-22(16)17;21-18(13-6-2-1-3-7-13)10-16-14-8-4-5-9-15(14)17-11-19-12-20(16)17/h4-5,8-9,11-13,16H,1-3,6-7,10H2;4-5,8-9,11-13,16H,1-3,6-7,10H2. The number of hydrogen-bond acceptors (Lipinski definition) is 3. The zero-order valence-electron chi connectivity index (χ0n) is 24.7. The molecule has 2 aliphatic carbocycles. The maximum Gasteiger partial charge on any atom is 0.253 e. The molecule has 0 amide bonds. The van der Waals surface area contributed by atoms with Crippen molar-refractivity contribution in [3.8, 4) is 22.5 Å². The lowest BCUT2D eigenvalue weighted by atomic mass is 9.81. The van der Waals surface area contributed by atoms with E-state index in [1.54, 1.807) is 12.5 Å². The van der Waals surface area contributed by atoms with E-state index in [0.717, 1.165) is 54.6 Å². The van der Waals surface area contributed by atoms with E-state index in [1.807, 2.05) is 41.4 Å². The molecule has 224 valence electrons. The van der Waals surface area contributed by atoms with Gasteiger partial charge in [-0.25, -0.2) is 18.7 Å². The topological polar surface area (TPSA) is 52.7 Å². The number of benzene rings is 2. The highest BCUT2D eigenvalue weighted by atomic mass is 19.3. The van der Waals surface area contributed by atoms with Crippen molar-refractivity contribution < 1.29 is 13.6 Å². The first-order valence-corrected chi connectivity index (χ1v) is 16.1. The Balaban J connectivity index is 0.000000140. The summed E-state index contributed by atoms with van der Waals surface area (Å²) in [7, 11) is 0. The van der Waals surface area contributed by atoms with Crippen LogP contribution in [0.5, 0.6) is 0 Å². The van der Waals surface area contributed by atoms with Crippen LogP contribution in [0.15, 0.2) is 73.6 Å². The number of rotatable bonds is 6. The third-order valence-electron chi connectivity index (χ3n) is 10.3. The van der Waals surface area contributed by atoms with Crippen molar-refractivity contribution in [2.75, 3.05) is 0 Å². The molecule has 2 fully saturated rings. The van der Waals surface area contributed by atoms with Crippen molar-refractivity contribution in [3.63, 3.8) is 0 Å². The van der Waals surface area contributed by atoms with Gasteiger partial charge in [-0.1, -0.05) is 87.1 Å². The normalized spacial score (nSPS) is 21.3. The van der Waals surface area contributed by atoms with Crippen LogP contribution < -0.4 is 0 Å². The summed E-state index contributed by atoms with van der Waals surface area (Å²) in [5.41, 5.74) is 6.67. The smallest absolute Gasteiger partial charge is 0.253 e. The second-order valence-electron chi connectivity index (χ2n) is 12.9. The number of hydrogen-bond donors (Lipinski definition) is 0. The van der Waals surface area contributed by atoms with Gasteiger partial charge in [0.1, 0.15) is 5.78 Å². The summed E-state index contributed by atoms with van der Waals surface area (Å²) in [6.07, 6.45) is 18.0. The first kappa shape index (κ1) is 28.2. The van der Waals surface area contributed by atoms with Crippen molar-refractivity contribution in [2.45, 2.75) is 95.1 Å². The van der Waals surface area contributed by atoms with Crippen LogP contribution in [0.1, 0.15) is 100 Å². The van der Waals surface area contributed by atoms with Gasteiger partial charge in [-0.3, -0.25) is 4.79 Å². The molecule has 2 aliphatic heterocycles. The van der Waals surface area contributed by atoms with Gasteiger partial charge in [-0.15, -0.1) is 0 Å². The van der Waals surface area contributed by atoms with Crippen molar-refractivity contribution >= 4 is 5.78 Å². The summed E-state index contributed by atoms with van der Waals surface area (Å²) >= 11 is 0. The predicted octanol–water partition coefficient (Wildman–Crippen LogP) is 9.05. The molecule has 43 heavy (non-hydrogen) atoms. The van der Waals surface area contributed by atoms with Crippen molar-refractivity contribution in [1.82, 2.24) is 19.1 Å². The fraction of sp³-hybridized carbons (Fsp3) is 0.472. The minimum atomic E-state index is -2.61. The van der Waals surface area contributed by atoms with Crippen LogP contribution in [0, 0.1) is 11.8 Å². The maximum absolute atomic E-state index is 14.8. The molecule has 2 aromatic heterocycles. The average Bonchev–Trinajstić information content (AvgIpc) is 3.83. The van der Waals surface area contributed by atoms with Crippen molar-refractivity contribution in [2.24, 2.45) is 11.8 Å². The minimum absolute atomic E-state index is 0.113. The first-order valence-electron chi connectivity index (χ1n) is 16.1. The Bertz CT molecular complexity index is 1580. The minimum Gasteiger partial charge on any atom is -0.323 e. The molecule has 4 aromatic rings. The summed E-state index contributed by atoms with van der Waals surface area (Å²) < 4.78 is 33.7. The zero-order chi connectivity index (χ0) is 29.4. The number of Topliss-reactive ketones (excluding diaryl/α,β-unsaturated/α-hetero) is 1. The summed E-state index contributed by atoms with van der Waals surface area (Å²) in [6.45, 7) is 0. The van der Waals surface area contributed by atoms with E-state index in [4.69, 9.17) is 0 Å². The highest BCUT2D eigenvalue weighted by Crippen LogP contribution is 2.48. The van der Waals surface area contributed by atoms with Crippen LogP contribution in [0.3, 0.4) is 0 Å². The number of carbonyl (C=O) groups is 1. The van der Waals surface area contributed by atoms with Gasteiger partial charge in [0.05, 0.1) is 48.5 Å². The molecule has 4 heterocycles. The highest BCUT2D eigenvalue weighted by molar-refractivity contribution is 5.83. The number of imidazole rings is 2. The van der Waals surface area contributed by atoms with E-state index in [1.165, 1.54) is 30.4 Å². The lowest BCUT2D eigenvalue weighted by molar-refractivity contribution is -0.124. The second kappa shape index (κ2) is 11.8. The van der Waals surface area contributed by atoms with Crippen molar-refractivity contribution in [3.05, 3.63) is 84.7 Å². The quantitative estimate of drug-likeness (QED) is 0.228. The molecule has 2 aromatic carbocycles. The average molecular weight is 583 g/mol. The van der Waals surface area contributed by atoms with Crippen LogP contribution in [0.4, 0.5) is 8.78 Å². The van der Waals surface area contributed by atoms with Gasteiger partial charge in [0.25, 0.3) is 5.92 Å². The van der Waals surface area contributed by atoms with E-state index in [0.29, 0.717) is 31.0 Å². The first-order chi connectivity index (χ1) is 21.0. The molecule has 5 nitrogen and oxygen atoms in total. The largest absolute Gasteiger partial charge is 0.323 e. The van der Waals surface area contributed by atoms with Gasteiger partial charge in [0.15, 0.2) is 0 Å². The molecule has 2 atom stereocenters. The van der Waals surface area contributed by atoms with Gasteiger partial charge in [-0.2, -0.15) is 0 Å². The van der Waals surface area contributed by atoms with Crippen LogP contribution >= 0.6 is 0 Å². The van der Waals surface area contributed by atoms with Crippen molar-refractivity contribution in [1.29, 1.82) is 0 Å². The van der Waals surface area contributed by atoms with Crippen LogP contribution in [-0.4, -0.2) is 30.8 Å². The number of carbonyl (C=O) groups excluding carboxylic acids is 1. The Morgan fingerprint density at radius 1 is 0.721 bits per heavy atom.